The van der Waals surface area contributed by atoms with Crippen molar-refractivity contribution in [1.82, 2.24) is 5.32 Å². The van der Waals surface area contributed by atoms with Gasteiger partial charge in [0, 0.05) is 18.4 Å². The Hall–Kier alpha value is -2.21. The van der Waals surface area contributed by atoms with E-state index in [0.29, 0.717) is 18.4 Å². The lowest BCUT2D eigenvalue weighted by atomic mass is 10.1. The van der Waals surface area contributed by atoms with E-state index in [4.69, 9.17) is 9.47 Å². The summed E-state index contributed by atoms with van der Waals surface area (Å²) < 4.78 is 90.0. The molecule has 12 heteroatoms. The summed E-state index contributed by atoms with van der Waals surface area (Å²) in [6.45, 7) is 5.32. The van der Waals surface area contributed by atoms with Gasteiger partial charge in [-0.2, -0.15) is 17.6 Å². The first-order valence-corrected chi connectivity index (χ1v) is 11.8. The Labute approximate surface area is 184 Å². The van der Waals surface area contributed by atoms with Crippen LogP contribution < -0.4 is 5.32 Å². The molecule has 0 saturated carbocycles. The third kappa shape index (κ3) is 6.18. The van der Waals surface area contributed by atoms with E-state index in [9.17, 15) is 26.0 Å². The molecule has 2 aliphatic heterocycles. The molecular weight excluding hydrogens is 454 g/mol. The van der Waals surface area contributed by atoms with Crippen molar-refractivity contribution < 1.29 is 35.5 Å². The number of nitrogens with zero attached hydrogens (tertiary/aromatic N) is 2. The Kier molecular flexibility index (Phi) is 8.63. The summed E-state index contributed by atoms with van der Waals surface area (Å²) >= 11 is 0. The Bertz CT molecular complexity index is 901. The minimum Gasteiger partial charge on any atom is -0.492 e. The fraction of sp³-hybridized carbons (Fsp3) is 0.600. The van der Waals surface area contributed by atoms with Gasteiger partial charge in [-0.3, -0.25) is 9.98 Å². The van der Waals surface area contributed by atoms with E-state index in [1.165, 1.54) is 25.4 Å². The van der Waals surface area contributed by atoms with Gasteiger partial charge in [-0.05, 0) is 12.5 Å². The van der Waals surface area contributed by atoms with Gasteiger partial charge in [-0.1, -0.05) is 19.9 Å². The predicted molar refractivity (Wildman–Crippen MR) is 114 cm³/mol. The molecule has 0 radical (unpaired) electrons. The number of dihydropyridines is 1. The first-order chi connectivity index (χ1) is 15.0. The normalized spacial score (nSPS) is 23.9. The van der Waals surface area contributed by atoms with Crippen molar-refractivity contribution >= 4 is 22.3 Å². The Morgan fingerprint density at radius 1 is 1.25 bits per heavy atom. The second-order valence-corrected chi connectivity index (χ2v) is 9.65. The van der Waals surface area contributed by atoms with Gasteiger partial charge in [0.1, 0.15) is 23.7 Å². The second-order valence-electron chi connectivity index (χ2n) is 7.20. The van der Waals surface area contributed by atoms with Gasteiger partial charge in [0.2, 0.25) is 0 Å². The molecule has 180 valence electrons. The Balaban J connectivity index is 2.08. The van der Waals surface area contributed by atoms with E-state index in [2.05, 4.69) is 21.9 Å². The van der Waals surface area contributed by atoms with Crippen molar-refractivity contribution in [3.63, 3.8) is 0 Å². The number of alkyl halides is 4. The summed E-state index contributed by atoms with van der Waals surface area (Å²) in [6, 6.07) is -0.892. The van der Waals surface area contributed by atoms with Gasteiger partial charge in [0.25, 0.3) is 0 Å². The van der Waals surface area contributed by atoms with Gasteiger partial charge < -0.3 is 14.8 Å². The highest BCUT2D eigenvalue weighted by Crippen LogP contribution is 2.37. The topological polar surface area (TPSA) is 89.4 Å². The highest BCUT2D eigenvalue weighted by molar-refractivity contribution is 7.92. The van der Waals surface area contributed by atoms with Crippen LogP contribution >= 0.6 is 0 Å². The van der Waals surface area contributed by atoms with Crippen LogP contribution in [0.5, 0.6) is 0 Å². The number of ether oxygens (including phenoxy) is 2. The number of nitrogens with one attached hydrogen (secondary N) is 1. The number of halogens is 4. The number of aliphatic imine (C=N–C) groups is 2. The average Bonchev–Trinajstić information content (AvgIpc) is 2.76. The van der Waals surface area contributed by atoms with Crippen molar-refractivity contribution in [1.29, 1.82) is 0 Å². The molecule has 0 amide bonds. The van der Waals surface area contributed by atoms with E-state index < -0.39 is 52.2 Å². The van der Waals surface area contributed by atoms with Gasteiger partial charge in [0.15, 0.2) is 16.1 Å². The summed E-state index contributed by atoms with van der Waals surface area (Å²) in [6.07, 6.45) is 4.30. The summed E-state index contributed by atoms with van der Waals surface area (Å²) in [5.41, 5.74) is 0.220. The van der Waals surface area contributed by atoms with Crippen LogP contribution in [0.25, 0.3) is 0 Å². The van der Waals surface area contributed by atoms with Crippen molar-refractivity contribution in [2.75, 3.05) is 19.0 Å². The van der Waals surface area contributed by atoms with Crippen molar-refractivity contribution in [2.24, 2.45) is 9.98 Å². The molecule has 0 saturated heterocycles. The molecule has 0 fully saturated rings. The van der Waals surface area contributed by atoms with Crippen molar-refractivity contribution in [3.05, 3.63) is 36.4 Å². The quantitative estimate of drug-likeness (QED) is 0.342. The smallest absolute Gasteiger partial charge is 0.333 e. The first-order valence-electron chi connectivity index (χ1n) is 10.0. The van der Waals surface area contributed by atoms with Gasteiger partial charge in [-0.25, -0.2) is 8.42 Å². The molecule has 3 unspecified atom stereocenters. The summed E-state index contributed by atoms with van der Waals surface area (Å²) in [7, 11) is -3.58. The van der Waals surface area contributed by atoms with E-state index in [-0.39, 0.29) is 11.4 Å². The van der Waals surface area contributed by atoms with Crippen LogP contribution in [0, 0.1) is 0 Å². The molecule has 0 aromatic rings. The van der Waals surface area contributed by atoms with Crippen LogP contribution in [-0.4, -0.2) is 69.2 Å². The molecule has 1 N–H and O–H groups in total. The largest absolute Gasteiger partial charge is 0.492 e. The Morgan fingerprint density at radius 2 is 1.97 bits per heavy atom. The molecule has 2 heterocycles. The summed E-state index contributed by atoms with van der Waals surface area (Å²) in [5, 5.41) is 1.57. The number of allylic oxidation sites excluding steroid dienone is 2. The van der Waals surface area contributed by atoms with E-state index in [0.717, 1.165) is 12.6 Å². The highest BCUT2D eigenvalue weighted by Gasteiger charge is 2.55. The molecule has 0 bridgehead atoms. The monoisotopic (exact) mass is 481 g/mol. The van der Waals surface area contributed by atoms with Crippen molar-refractivity contribution in [3.8, 4) is 0 Å². The third-order valence-corrected chi connectivity index (χ3v) is 6.76. The molecule has 2 aliphatic rings. The first kappa shape index (κ1) is 26.0. The van der Waals surface area contributed by atoms with Gasteiger partial charge in [0.05, 0.1) is 24.7 Å². The molecule has 0 aromatic carbocycles. The lowest BCUT2D eigenvalue weighted by Crippen LogP contribution is -2.46. The van der Waals surface area contributed by atoms with Crippen LogP contribution in [0.1, 0.15) is 26.7 Å². The number of rotatable bonds is 12. The number of hydrogen-bond acceptors (Lipinski definition) is 7. The highest BCUT2D eigenvalue weighted by atomic mass is 32.2. The zero-order valence-corrected chi connectivity index (χ0v) is 18.6. The standard InChI is InChI=1S/C20H27F4N3O4S/c1-4-7-19(21,22)20(23,24)13-31-17-12-25-15(11-26-17)18-16(32(28,29)6-3)9-14(10-27-18)30-8-5-2/h4,9-12,16-18,26H,1,5-8,13H2,2-3H3. The molecule has 2 rings (SSSR count). The number of hydrogen-bond donors (Lipinski definition) is 1. The van der Waals surface area contributed by atoms with Crippen LogP contribution in [0.3, 0.4) is 0 Å². The molecule has 3 atom stereocenters. The fourth-order valence-corrected chi connectivity index (χ4v) is 4.19. The molecule has 0 aromatic heterocycles. The zero-order chi connectivity index (χ0) is 24.0. The van der Waals surface area contributed by atoms with Gasteiger partial charge >= 0.3 is 11.8 Å². The lowest BCUT2D eigenvalue weighted by Gasteiger charge is -2.29. The average molecular weight is 482 g/mol. The van der Waals surface area contributed by atoms with Crippen LogP contribution in [0.15, 0.2) is 46.4 Å². The minimum absolute atomic E-state index is 0.134. The van der Waals surface area contributed by atoms with Crippen molar-refractivity contribution in [2.45, 2.75) is 56.1 Å². The molecule has 7 nitrogen and oxygen atoms in total. The minimum atomic E-state index is -4.41. The van der Waals surface area contributed by atoms with E-state index in [1.807, 2.05) is 6.92 Å². The maximum Gasteiger partial charge on any atom is 0.333 e. The third-order valence-electron chi connectivity index (χ3n) is 4.73. The lowest BCUT2D eigenvalue weighted by molar-refractivity contribution is -0.233. The van der Waals surface area contributed by atoms with Crippen LogP contribution in [-0.2, 0) is 19.3 Å². The predicted octanol–water partition coefficient (Wildman–Crippen LogP) is 3.26. The SMILES string of the molecule is C=CCC(F)(F)C(F)(F)COC1C=NC(C2N=CC(OCCC)=CC2S(=O)(=O)CC)=CN1. The maximum absolute atomic E-state index is 13.7. The van der Waals surface area contributed by atoms with Crippen LogP contribution in [0.2, 0.25) is 0 Å². The number of sulfone groups is 1. The Morgan fingerprint density at radius 3 is 2.53 bits per heavy atom. The van der Waals surface area contributed by atoms with Crippen LogP contribution in [0.4, 0.5) is 17.6 Å². The zero-order valence-electron chi connectivity index (χ0n) is 17.8. The van der Waals surface area contributed by atoms with E-state index in [1.54, 1.807) is 0 Å². The fourth-order valence-electron chi connectivity index (χ4n) is 2.86. The molecule has 0 aliphatic carbocycles. The summed E-state index contributed by atoms with van der Waals surface area (Å²) in [4.78, 5) is 8.33. The molecule has 32 heavy (non-hydrogen) atoms. The maximum atomic E-state index is 13.7. The molecule has 0 spiro atoms. The second kappa shape index (κ2) is 10.6. The molecular formula is C20H27F4N3O4S. The van der Waals surface area contributed by atoms with Gasteiger partial charge in [-0.15, -0.1) is 6.58 Å². The van der Waals surface area contributed by atoms with E-state index >= 15 is 0 Å². The summed E-state index contributed by atoms with van der Waals surface area (Å²) in [5.74, 6) is -8.51.